The first-order valence-electron chi connectivity index (χ1n) is 6.20. The molecule has 94 valence electrons. The normalized spacial score (nSPS) is 19.6. The van der Waals surface area contributed by atoms with Gasteiger partial charge >= 0.3 is 0 Å². The summed E-state index contributed by atoms with van der Waals surface area (Å²) < 4.78 is 6.95. The molecule has 0 N–H and O–H groups in total. The van der Waals surface area contributed by atoms with E-state index in [1.807, 2.05) is 6.07 Å². The first kappa shape index (κ1) is 11.7. The molecule has 0 amide bonds. The molecular formula is C14H16N2OS. The van der Waals surface area contributed by atoms with Crippen LogP contribution >= 0.6 is 11.3 Å². The number of rotatable bonds is 4. The van der Waals surface area contributed by atoms with E-state index in [4.69, 9.17) is 4.74 Å². The second kappa shape index (κ2) is 5.08. The standard InChI is InChI=1S/C14H16N2OS/c1-2-9-17-11-7-8-16(10-11)14-15-12-5-3-4-6-13(12)18-14/h2-6,11H,1,7-10H2. The summed E-state index contributed by atoms with van der Waals surface area (Å²) in [7, 11) is 0. The van der Waals surface area contributed by atoms with Gasteiger partial charge in [-0.05, 0) is 18.6 Å². The third kappa shape index (κ3) is 2.26. The van der Waals surface area contributed by atoms with Crippen LogP contribution in [0.1, 0.15) is 6.42 Å². The van der Waals surface area contributed by atoms with Crippen molar-refractivity contribution in [2.45, 2.75) is 12.5 Å². The van der Waals surface area contributed by atoms with Crippen LogP contribution < -0.4 is 4.90 Å². The van der Waals surface area contributed by atoms with E-state index in [2.05, 4.69) is 34.7 Å². The number of nitrogens with zero attached hydrogens (tertiary/aromatic N) is 2. The van der Waals surface area contributed by atoms with Gasteiger partial charge in [-0.1, -0.05) is 29.5 Å². The van der Waals surface area contributed by atoms with Gasteiger partial charge in [-0.15, -0.1) is 6.58 Å². The minimum atomic E-state index is 0.315. The molecule has 1 aromatic carbocycles. The van der Waals surface area contributed by atoms with E-state index in [0.29, 0.717) is 12.7 Å². The topological polar surface area (TPSA) is 25.4 Å². The van der Waals surface area contributed by atoms with Crippen molar-refractivity contribution in [2.75, 3.05) is 24.6 Å². The van der Waals surface area contributed by atoms with E-state index < -0.39 is 0 Å². The van der Waals surface area contributed by atoms with E-state index in [-0.39, 0.29) is 0 Å². The van der Waals surface area contributed by atoms with Crippen LogP contribution in [-0.2, 0) is 4.74 Å². The van der Waals surface area contributed by atoms with Gasteiger partial charge in [0, 0.05) is 13.1 Å². The molecule has 0 radical (unpaired) electrons. The minimum Gasteiger partial charge on any atom is -0.372 e. The summed E-state index contributed by atoms with van der Waals surface area (Å²) in [6.45, 7) is 6.28. The molecule has 0 spiro atoms. The van der Waals surface area contributed by atoms with Crippen molar-refractivity contribution in [1.29, 1.82) is 0 Å². The fourth-order valence-electron chi connectivity index (χ4n) is 2.24. The van der Waals surface area contributed by atoms with E-state index in [1.54, 1.807) is 17.4 Å². The second-order valence-corrected chi connectivity index (χ2v) is 5.45. The summed E-state index contributed by atoms with van der Waals surface area (Å²) in [6.07, 6.45) is 3.19. The number of ether oxygens (including phenoxy) is 1. The predicted molar refractivity (Wildman–Crippen MR) is 76.4 cm³/mol. The quantitative estimate of drug-likeness (QED) is 0.790. The lowest BCUT2D eigenvalue weighted by molar-refractivity contribution is 0.0909. The summed E-state index contributed by atoms with van der Waals surface area (Å²) >= 11 is 1.76. The van der Waals surface area contributed by atoms with Crippen LogP contribution in [-0.4, -0.2) is 30.8 Å². The van der Waals surface area contributed by atoms with Crippen molar-refractivity contribution in [3.8, 4) is 0 Å². The maximum absolute atomic E-state index is 5.70. The molecule has 0 saturated carbocycles. The number of benzene rings is 1. The number of para-hydroxylation sites is 1. The smallest absolute Gasteiger partial charge is 0.186 e. The maximum Gasteiger partial charge on any atom is 0.186 e. The Morgan fingerprint density at radius 3 is 3.22 bits per heavy atom. The molecule has 0 aliphatic carbocycles. The molecule has 1 saturated heterocycles. The first-order valence-corrected chi connectivity index (χ1v) is 7.01. The Hall–Kier alpha value is -1.39. The van der Waals surface area contributed by atoms with Crippen molar-refractivity contribution in [3.63, 3.8) is 0 Å². The molecule has 1 aliphatic rings. The summed E-state index contributed by atoms with van der Waals surface area (Å²) in [4.78, 5) is 7.00. The molecule has 1 aliphatic heterocycles. The van der Waals surface area contributed by atoms with Crippen LogP contribution in [0, 0.1) is 0 Å². The lowest BCUT2D eigenvalue weighted by atomic mass is 10.3. The van der Waals surface area contributed by atoms with Crippen LogP contribution in [0.2, 0.25) is 0 Å². The van der Waals surface area contributed by atoms with Gasteiger partial charge in [0.25, 0.3) is 0 Å². The van der Waals surface area contributed by atoms with E-state index >= 15 is 0 Å². The fourth-order valence-corrected chi connectivity index (χ4v) is 3.24. The molecule has 0 bridgehead atoms. The molecule has 2 aromatic rings. The van der Waals surface area contributed by atoms with Crippen LogP contribution in [0.15, 0.2) is 36.9 Å². The maximum atomic E-state index is 5.70. The Bertz CT molecular complexity index is 518. The monoisotopic (exact) mass is 260 g/mol. The lowest BCUT2D eigenvalue weighted by Gasteiger charge is -2.14. The molecule has 1 aromatic heterocycles. The Morgan fingerprint density at radius 1 is 1.50 bits per heavy atom. The number of fused-ring (bicyclic) bond motifs is 1. The van der Waals surface area contributed by atoms with Crippen molar-refractivity contribution >= 4 is 26.7 Å². The van der Waals surface area contributed by atoms with Crippen molar-refractivity contribution in [3.05, 3.63) is 36.9 Å². The van der Waals surface area contributed by atoms with E-state index in [1.165, 1.54) is 4.70 Å². The highest BCUT2D eigenvalue weighted by molar-refractivity contribution is 7.22. The molecule has 4 heteroatoms. The minimum absolute atomic E-state index is 0.315. The molecule has 2 heterocycles. The van der Waals surface area contributed by atoms with Gasteiger partial charge in [-0.3, -0.25) is 0 Å². The number of aromatic nitrogens is 1. The Morgan fingerprint density at radius 2 is 2.39 bits per heavy atom. The zero-order chi connectivity index (χ0) is 12.4. The van der Waals surface area contributed by atoms with Gasteiger partial charge in [0.1, 0.15) is 0 Å². The summed E-state index contributed by atoms with van der Waals surface area (Å²) in [6, 6.07) is 8.28. The number of hydrogen-bond acceptors (Lipinski definition) is 4. The SMILES string of the molecule is C=CCOC1CCN(c2nc3ccccc3s2)C1. The highest BCUT2D eigenvalue weighted by Crippen LogP contribution is 2.31. The average Bonchev–Trinajstić information content (AvgIpc) is 3.02. The Labute approximate surface area is 111 Å². The molecule has 1 atom stereocenters. The van der Waals surface area contributed by atoms with Gasteiger partial charge in [-0.2, -0.15) is 0 Å². The zero-order valence-corrected chi connectivity index (χ0v) is 11.0. The van der Waals surface area contributed by atoms with Crippen LogP contribution in [0.3, 0.4) is 0 Å². The summed E-state index contributed by atoms with van der Waals surface area (Å²) in [5.41, 5.74) is 1.09. The highest BCUT2D eigenvalue weighted by atomic mass is 32.1. The molecular weight excluding hydrogens is 244 g/mol. The third-order valence-electron chi connectivity index (χ3n) is 3.15. The van der Waals surface area contributed by atoms with E-state index in [0.717, 1.165) is 30.2 Å². The molecule has 1 unspecified atom stereocenters. The molecule has 1 fully saturated rings. The molecule has 3 nitrogen and oxygen atoms in total. The summed E-state index contributed by atoms with van der Waals surface area (Å²) in [5.74, 6) is 0. The van der Waals surface area contributed by atoms with Crippen LogP contribution in [0.5, 0.6) is 0 Å². The fraction of sp³-hybridized carbons (Fsp3) is 0.357. The predicted octanol–water partition coefficient (Wildman–Crippen LogP) is 3.08. The lowest BCUT2D eigenvalue weighted by Crippen LogP contribution is -2.22. The second-order valence-electron chi connectivity index (χ2n) is 4.44. The number of anilines is 1. The Kier molecular flexibility index (Phi) is 3.30. The molecule has 18 heavy (non-hydrogen) atoms. The van der Waals surface area contributed by atoms with Crippen molar-refractivity contribution < 1.29 is 4.74 Å². The van der Waals surface area contributed by atoms with Crippen LogP contribution in [0.4, 0.5) is 5.13 Å². The van der Waals surface area contributed by atoms with Gasteiger partial charge in [0.2, 0.25) is 0 Å². The van der Waals surface area contributed by atoms with Crippen LogP contribution in [0.25, 0.3) is 10.2 Å². The van der Waals surface area contributed by atoms with Gasteiger partial charge < -0.3 is 9.64 Å². The van der Waals surface area contributed by atoms with Gasteiger partial charge in [0.05, 0.1) is 22.9 Å². The number of hydrogen-bond donors (Lipinski definition) is 0. The van der Waals surface area contributed by atoms with Gasteiger partial charge in [0.15, 0.2) is 5.13 Å². The molecule has 3 rings (SSSR count). The zero-order valence-electron chi connectivity index (χ0n) is 10.2. The van der Waals surface area contributed by atoms with Crippen molar-refractivity contribution in [2.24, 2.45) is 0 Å². The highest BCUT2D eigenvalue weighted by Gasteiger charge is 2.24. The Balaban J connectivity index is 1.73. The van der Waals surface area contributed by atoms with Crippen molar-refractivity contribution in [1.82, 2.24) is 4.98 Å². The van der Waals surface area contributed by atoms with Gasteiger partial charge in [-0.25, -0.2) is 4.98 Å². The summed E-state index contributed by atoms with van der Waals surface area (Å²) in [5, 5.41) is 1.11. The van der Waals surface area contributed by atoms with E-state index in [9.17, 15) is 0 Å². The largest absolute Gasteiger partial charge is 0.372 e. The number of thiazole rings is 1. The average molecular weight is 260 g/mol. The third-order valence-corrected chi connectivity index (χ3v) is 4.25. The first-order chi connectivity index (χ1) is 8.86.